The van der Waals surface area contributed by atoms with Gasteiger partial charge in [0.25, 0.3) is 0 Å². The minimum absolute atomic E-state index is 0.0618. The second-order valence-electron chi connectivity index (χ2n) is 8.80. The van der Waals surface area contributed by atoms with E-state index in [1.54, 1.807) is 12.1 Å². The van der Waals surface area contributed by atoms with Gasteiger partial charge in [-0.3, -0.25) is 4.79 Å². The molecule has 0 radical (unpaired) electrons. The van der Waals surface area contributed by atoms with Crippen molar-refractivity contribution >= 4 is 17.2 Å². The van der Waals surface area contributed by atoms with Gasteiger partial charge < -0.3 is 23.7 Å². The summed E-state index contributed by atoms with van der Waals surface area (Å²) in [5.41, 5.74) is 3.33. The van der Waals surface area contributed by atoms with Gasteiger partial charge in [-0.1, -0.05) is 24.3 Å². The van der Waals surface area contributed by atoms with Gasteiger partial charge in [0.1, 0.15) is 11.5 Å². The van der Waals surface area contributed by atoms with Crippen molar-refractivity contribution in [3.63, 3.8) is 0 Å². The minimum atomic E-state index is -0.234. The van der Waals surface area contributed by atoms with Crippen LogP contribution < -0.4 is 14.4 Å². The molecule has 1 amide bonds. The van der Waals surface area contributed by atoms with Crippen molar-refractivity contribution in [1.82, 2.24) is 14.3 Å². The van der Waals surface area contributed by atoms with Crippen LogP contribution in [0.3, 0.4) is 0 Å². The van der Waals surface area contributed by atoms with Crippen molar-refractivity contribution < 1.29 is 18.7 Å². The number of imidazole rings is 1. The summed E-state index contributed by atoms with van der Waals surface area (Å²) in [6.45, 7) is 2.49. The lowest BCUT2D eigenvalue weighted by Gasteiger charge is -2.36. The highest BCUT2D eigenvalue weighted by Crippen LogP contribution is 2.38. The molecule has 2 aromatic carbocycles. The average Bonchev–Trinajstić information content (AvgIpc) is 3.54. The Morgan fingerprint density at radius 3 is 2.63 bits per heavy atom. The fraction of sp³-hybridized carbons (Fsp3) is 0.259. The van der Waals surface area contributed by atoms with Crippen LogP contribution in [-0.2, 0) is 4.79 Å². The molecule has 178 valence electrons. The Bertz CT molecular complexity index is 1380. The highest BCUT2D eigenvalue weighted by Gasteiger charge is 2.28. The first-order chi connectivity index (χ1) is 17.2. The molecular weight excluding hydrogens is 447 g/mol. The van der Waals surface area contributed by atoms with Gasteiger partial charge in [0.2, 0.25) is 12.7 Å². The van der Waals surface area contributed by atoms with E-state index in [4.69, 9.17) is 9.47 Å². The van der Waals surface area contributed by atoms with Crippen LogP contribution in [0.2, 0.25) is 0 Å². The lowest BCUT2D eigenvalue weighted by Crippen LogP contribution is -2.49. The lowest BCUT2D eigenvalue weighted by atomic mass is 9.91. The SMILES string of the molecule is O=C(C[C@H](c1ccc2c(c1)OCO2)c1cnc2ccccn12)N1CCN(c2ccccc2F)CC1. The van der Waals surface area contributed by atoms with Gasteiger partial charge in [-0.2, -0.15) is 0 Å². The van der Waals surface area contributed by atoms with E-state index in [2.05, 4.69) is 4.98 Å². The molecule has 7 nitrogen and oxygen atoms in total. The van der Waals surface area contributed by atoms with Gasteiger partial charge in [-0.25, -0.2) is 9.37 Å². The summed E-state index contributed by atoms with van der Waals surface area (Å²) in [7, 11) is 0. The summed E-state index contributed by atoms with van der Waals surface area (Å²) in [6, 6.07) is 18.5. The number of benzene rings is 2. The van der Waals surface area contributed by atoms with Crippen LogP contribution in [-0.4, -0.2) is 53.2 Å². The molecule has 35 heavy (non-hydrogen) atoms. The van der Waals surface area contributed by atoms with E-state index in [1.165, 1.54) is 6.07 Å². The van der Waals surface area contributed by atoms with Gasteiger partial charge >= 0.3 is 0 Å². The maximum atomic E-state index is 14.2. The number of pyridine rings is 1. The van der Waals surface area contributed by atoms with Crippen molar-refractivity contribution in [2.24, 2.45) is 0 Å². The molecule has 2 aliphatic heterocycles. The number of ether oxygens (including phenoxy) is 2. The number of aromatic nitrogens is 2. The number of para-hydroxylation sites is 1. The monoisotopic (exact) mass is 472 g/mol. The highest BCUT2D eigenvalue weighted by atomic mass is 19.1. The van der Waals surface area contributed by atoms with E-state index in [1.807, 2.05) is 69.1 Å². The largest absolute Gasteiger partial charge is 0.454 e. The van der Waals surface area contributed by atoms with Gasteiger partial charge in [-0.15, -0.1) is 0 Å². The van der Waals surface area contributed by atoms with Crippen molar-refractivity contribution in [3.05, 3.63) is 90.1 Å². The Kier molecular flexibility index (Phi) is 5.48. The number of anilines is 1. The number of nitrogens with zero attached hydrogens (tertiary/aromatic N) is 4. The molecule has 1 atom stereocenters. The third-order valence-electron chi connectivity index (χ3n) is 6.81. The zero-order chi connectivity index (χ0) is 23.8. The second kappa shape index (κ2) is 8.94. The van der Waals surface area contributed by atoms with Crippen LogP contribution in [0, 0.1) is 5.82 Å². The van der Waals surface area contributed by atoms with E-state index in [-0.39, 0.29) is 24.4 Å². The fourth-order valence-corrected chi connectivity index (χ4v) is 4.94. The predicted molar refractivity (Wildman–Crippen MR) is 129 cm³/mol. The van der Waals surface area contributed by atoms with E-state index < -0.39 is 0 Å². The number of halogens is 1. The molecule has 4 heterocycles. The quantitative estimate of drug-likeness (QED) is 0.438. The van der Waals surface area contributed by atoms with E-state index in [0.717, 1.165) is 16.9 Å². The van der Waals surface area contributed by atoms with E-state index >= 15 is 0 Å². The molecule has 1 saturated heterocycles. The Balaban J connectivity index is 1.25. The summed E-state index contributed by atoms with van der Waals surface area (Å²) in [5.74, 6) is 1.02. The van der Waals surface area contributed by atoms with Gasteiger partial charge in [-0.05, 0) is 42.0 Å². The normalized spacial score (nSPS) is 16.0. The minimum Gasteiger partial charge on any atom is -0.454 e. The van der Waals surface area contributed by atoms with E-state index in [0.29, 0.717) is 49.8 Å². The first kappa shape index (κ1) is 21.5. The van der Waals surface area contributed by atoms with Crippen LogP contribution in [0.4, 0.5) is 10.1 Å². The molecule has 6 rings (SSSR count). The number of rotatable bonds is 5. The molecule has 0 spiro atoms. The van der Waals surface area contributed by atoms with Gasteiger partial charge in [0, 0.05) is 50.9 Å². The Hall–Kier alpha value is -4.07. The molecule has 0 unspecified atom stereocenters. The number of hydrogen-bond acceptors (Lipinski definition) is 5. The third-order valence-corrected chi connectivity index (χ3v) is 6.81. The smallest absolute Gasteiger partial charge is 0.231 e. The topological polar surface area (TPSA) is 59.3 Å². The van der Waals surface area contributed by atoms with Crippen LogP contribution in [0.1, 0.15) is 23.6 Å². The van der Waals surface area contributed by atoms with Crippen LogP contribution in [0.5, 0.6) is 11.5 Å². The Morgan fingerprint density at radius 2 is 1.77 bits per heavy atom. The summed E-state index contributed by atoms with van der Waals surface area (Å²) in [6.07, 6.45) is 4.10. The number of carbonyl (C=O) groups is 1. The summed E-state index contributed by atoms with van der Waals surface area (Å²) in [4.78, 5) is 21.9. The summed E-state index contributed by atoms with van der Waals surface area (Å²) >= 11 is 0. The molecule has 1 fully saturated rings. The molecule has 0 saturated carbocycles. The number of hydrogen-bond donors (Lipinski definition) is 0. The van der Waals surface area contributed by atoms with Crippen molar-refractivity contribution in [2.45, 2.75) is 12.3 Å². The highest BCUT2D eigenvalue weighted by molar-refractivity contribution is 5.78. The maximum absolute atomic E-state index is 14.2. The molecule has 0 bridgehead atoms. The zero-order valence-electron chi connectivity index (χ0n) is 19.1. The van der Waals surface area contributed by atoms with Gasteiger partial charge in [0.15, 0.2) is 11.5 Å². The van der Waals surface area contributed by atoms with Gasteiger partial charge in [0.05, 0.1) is 11.4 Å². The number of amides is 1. The van der Waals surface area contributed by atoms with Crippen LogP contribution in [0.15, 0.2) is 73.1 Å². The van der Waals surface area contributed by atoms with Crippen LogP contribution in [0.25, 0.3) is 5.65 Å². The number of fused-ring (bicyclic) bond motifs is 2. The third kappa shape index (κ3) is 4.05. The number of piperazine rings is 1. The molecular formula is C27H25FN4O3. The predicted octanol–water partition coefficient (Wildman–Crippen LogP) is 4.07. The van der Waals surface area contributed by atoms with Crippen molar-refractivity contribution in [3.8, 4) is 11.5 Å². The lowest BCUT2D eigenvalue weighted by molar-refractivity contribution is -0.131. The zero-order valence-corrected chi connectivity index (χ0v) is 19.1. The summed E-state index contributed by atoms with van der Waals surface area (Å²) < 4.78 is 27.3. The van der Waals surface area contributed by atoms with E-state index in [9.17, 15) is 9.18 Å². The maximum Gasteiger partial charge on any atom is 0.231 e. The van der Waals surface area contributed by atoms with Crippen LogP contribution >= 0.6 is 0 Å². The average molecular weight is 473 g/mol. The molecule has 4 aromatic rings. The second-order valence-corrected chi connectivity index (χ2v) is 8.80. The molecule has 0 N–H and O–H groups in total. The summed E-state index contributed by atoms with van der Waals surface area (Å²) in [5, 5.41) is 0. The standard InChI is InChI=1S/C27H25FN4O3/c28-21-5-1-2-6-22(21)30-11-13-31(14-12-30)27(33)16-20(19-8-9-24-25(15-19)35-18-34-24)23-17-29-26-7-3-4-10-32(23)26/h1-10,15,17,20H,11-14,16,18H2/t20-/m1/s1. The first-order valence-corrected chi connectivity index (χ1v) is 11.8. The molecule has 2 aromatic heterocycles. The first-order valence-electron chi connectivity index (χ1n) is 11.8. The van der Waals surface area contributed by atoms with Crippen molar-refractivity contribution in [1.29, 1.82) is 0 Å². The number of carbonyl (C=O) groups excluding carboxylic acids is 1. The molecule has 0 aliphatic carbocycles. The van der Waals surface area contributed by atoms with Crippen molar-refractivity contribution in [2.75, 3.05) is 37.9 Å². The Morgan fingerprint density at radius 1 is 0.971 bits per heavy atom. The molecule has 8 heteroatoms. The fourth-order valence-electron chi connectivity index (χ4n) is 4.94. The Labute approximate surface area is 202 Å². The molecule has 2 aliphatic rings.